The minimum atomic E-state index is -0.220. The third-order valence-corrected chi connectivity index (χ3v) is 2.08. The van der Waals surface area contributed by atoms with Crippen LogP contribution in [0.4, 0.5) is 4.39 Å². The zero-order valence-electron chi connectivity index (χ0n) is 5.73. The second kappa shape index (κ2) is 3.06. The summed E-state index contributed by atoms with van der Waals surface area (Å²) in [5.74, 6) is -0.220. The highest BCUT2D eigenvalue weighted by Gasteiger charge is 1.96. The van der Waals surface area contributed by atoms with Crippen molar-refractivity contribution in [2.75, 3.05) is 6.26 Å². The predicted molar refractivity (Wildman–Crippen MR) is 42.6 cm³/mol. The van der Waals surface area contributed by atoms with Crippen molar-refractivity contribution in [3.8, 4) is 0 Å². The minimum Gasteiger partial charge on any atom is -0.207 e. The van der Waals surface area contributed by atoms with Crippen molar-refractivity contribution >= 4 is 11.8 Å². The molecule has 0 fully saturated rings. The van der Waals surface area contributed by atoms with Gasteiger partial charge in [-0.15, -0.1) is 11.8 Å². The second-order valence-electron chi connectivity index (χ2n) is 1.96. The molecule has 0 saturated carbocycles. The molecule has 0 bridgehead atoms. The molecule has 0 atom stereocenters. The maximum atomic E-state index is 12.4. The van der Waals surface area contributed by atoms with E-state index in [0.717, 1.165) is 10.5 Å². The molecule has 0 nitrogen and oxygen atoms in total. The van der Waals surface area contributed by atoms with E-state index in [0.29, 0.717) is 0 Å². The van der Waals surface area contributed by atoms with Gasteiger partial charge in [-0.2, -0.15) is 0 Å². The van der Waals surface area contributed by atoms with Crippen molar-refractivity contribution in [2.24, 2.45) is 0 Å². The molecular weight excluding hydrogens is 147 g/mol. The van der Waals surface area contributed by atoms with Crippen LogP contribution < -0.4 is 0 Å². The summed E-state index contributed by atoms with van der Waals surface area (Å²) in [5, 5.41) is 0. The maximum Gasteiger partial charge on any atom is 0.123 e. The van der Waals surface area contributed by atoms with Crippen LogP contribution in [-0.2, 0) is 0 Å². The first kappa shape index (κ1) is 7.61. The Morgan fingerprint density at radius 3 is 2.70 bits per heavy atom. The zero-order chi connectivity index (χ0) is 7.56. The first-order valence-electron chi connectivity index (χ1n) is 2.89. The van der Waals surface area contributed by atoms with Crippen LogP contribution in [0.25, 0.3) is 0 Å². The predicted octanol–water partition coefficient (Wildman–Crippen LogP) is 2.73. The first-order valence-corrected chi connectivity index (χ1v) is 4.12. The Kier molecular flexibility index (Phi) is 2.33. The molecule has 1 aromatic rings. The standard InChI is InChI=1S/C8H8FS/c1-6-5-7(9)3-4-8(6)10-2/h3-5H,1H2,2H3. The van der Waals surface area contributed by atoms with E-state index in [1.54, 1.807) is 17.8 Å². The smallest absolute Gasteiger partial charge is 0.123 e. The van der Waals surface area contributed by atoms with E-state index in [1.807, 2.05) is 6.26 Å². The fourth-order valence-electron chi connectivity index (χ4n) is 0.747. The van der Waals surface area contributed by atoms with Crippen LogP contribution in [0.3, 0.4) is 0 Å². The molecular formula is C8H8FS. The van der Waals surface area contributed by atoms with Crippen LogP contribution in [0, 0.1) is 12.7 Å². The molecule has 0 aromatic heterocycles. The van der Waals surface area contributed by atoms with E-state index in [9.17, 15) is 4.39 Å². The average Bonchev–Trinajstić information content (AvgIpc) is 1.88. The zero-order valence-corrected chi connectivity index (χ0v) is 6.54. The van der Waals surface area contributed by atoms with Crippen molar-refractivity contribution in [1.29, 1.82) is 0 Å². The number of rotatable bonds is 1. The maximum absolute atomic E-state index is 12.4. The van der Waals surface area contributed by atoms with Crippen LogP contribution in [0.5, 0.6) is 0 Å². The van der Waals surface area contributed by atoms with Crippen LogP contribution >= 0.6 is 11.8 Å². The number of thioether (sulfide) groups is 1. The Bertz CT molecular complexity index is 233. The van der Waals surface area contributed by atoms with Crippen molar-refractivity contribution in [3.05, 3.63) is 36.5 Å². The molecule has 53 valence electrons. The highest BCUT2D eigenvalue weighted by atomic mass is 32.2. The molecule has 2 heteroatoms. The lowest BCUT2D eigenvalue weighted by molar-refractivity contribution is 0.626. The average molecular weight is 155 g/mol. The Labute approximate surface area is 64.4 Å². The lowest BCUT2D eigenvalue weighted by atomic mass is 10.2. The molecule has 0 aliphatic carbocycles. The van der Waals surface area contributed by atoms with Crippen molar-refractivity contribution in [1.82, 2.24) is 0 Å². The lowest BCUT2D eigenvalue weighted by Crippen LogP contribution is -1.80. The van der Waals surface area contributed by atoms with Gasteiger partial charge in [-0.05, 0) is 36.9 Å². The number of benzene rings is 1. The molecule has 0 spiro atoms. The fraction of sp³-hybridized carbons (Fsp3) is 0.125. The number of halogens is 1. The molecule has 1 radical (unpaired) electrons. The van der Waals surface area contributed by atoms with Gasteiger partial charge in [0, 0.05) is 4.90 Å². The van der Waals surface area contributed by atoms with Crippen molar-refractivity contribution < 1.29 is 4.39 Å². The van der Waals surface area contributed by atoms with Crippen LogP contribution in [0.1, 0.15) is 5.56 Å². The minimum absolute atomic E-state index is 0.220. The molecule has 1 aromatic carbocycles. The molecule has 0 heterocycles. The van der Waals surface area contributed by atoms with Crippen LogP contribution in [0.15, 0.2) is 23.1 Å². The van der Waals surface area contributed by atoms with Gasteiger partial charge in [0.05, 0.1) is 0 Å². The Morgan fingerprint density at radius 2 is 2.20 bits per heavy atom. The Hall–Kier alpha value is -0.500. The summed E-state index contributed by atoms with van der Waals surface area (Å²) in [6.07, 6.45) is 1.95. The van der Waals surface area contributed by atoms with Gasteiger partial charge in [-0.3, -0.25) is 0 Å². The molecule has 0 N–H and O–H groups in total. The summed E-state index contributed by atoms with van der Waals surface area (Å²) in [7, 11) is 0. The molecule has 0 saturated heterocycles. The van der Waals surface area contributed by atoms with Gasteiger partial charge in [0.25, 0.3) is 0 Å². The molecule has 10 heavy (non-hydrogen) atoms. The third-order valence-electron chi connectivity index (χ3n) is 1.24. The van der Waals surface area contributed by atoms with Gasteiger partial charge in [0.1, 0.15) is 5.82 Å². The van der Waals surface area contributed by atoms with Crippen LogP contribution in [0.2, 0.25) is 0 Å². The number of hydrogen-bond acceptors (Lipinski definition) is 1. The van der Waals surface area contributed by atoms with Gasteiger partial charge in [-0.25, -0.2) is 4.39 Å². The summed E-state index contributed by atoms with van der Waals surface area (Å²) in [5.41, 5.74) is 0.757. The second-order valence-corrected chi connectivity index (χ2v) is 2.80. The van der Waals surface area contributed by atoms with Crippen molar-refractivity contribution in [3.63, 3.8) is 0 Å². The molecule has 0 unspecified atom stereocenters. The third kappa shape index (κ3) is 1.51. The number of hydrogen-bond donors (Lipinski definition) is 0. The van der Waals surface area contributed by atoms with Gasteiger partial charge in [0.15, 0.2) is 0 Å². The van der Waals surface area contributed by atoms with Gasteiger partial charge >= 0.3 is 0 Å². The summed E-state index contributed by atoms with van der Waals surface area (Å²) in [4.78, 5) is 1.03. The van der Waals surface area contributed by atoms with Crippen LogP contribution in [-0.4, -0.2) is 6.26 Å². The first-order chi connectivity index (χ1) is 4.74. The molecule has 0 amide bonds. The SMILES string of the molecule is [CH2]c1cc(F)ccc1SC. The van der Waals surface area contributed by atoms with E-state index in [4.69, 9.17) is 0 Å². The Balaban J connectivity index is 3.07. The lowest BCUT2D eigenvalue weighted by Gasteiger charge is -1.99. The van der Waals surface area contributed by atoms with Gasteiger partial charge in [0.2, 0.25) is 0 Å². The molecule has 1 rings (SSSR count). The van der Waals surface area contributed by atoms with Gasteiger partial charge in [-0.1, -0.05) is 0 Å². The monoisotopic (exact) mass is 155 g/mol. The Morgan fingerprint density at radius 1 is 1.50 bits per heavy atom. The summed E-state index contributed by atoms with van der Waals surface area (Å²) in [6.45, 7) is 3.69. The van der Waals surface area contributed by atoms with E-state index in [2.05, 4.69) is 6.92 Å². The van der Waals surface area contributed by atoms with E-state index in [-0.39, 0.29) is 5.82 Å². The van der Waals surface area contributed by atoms with E-state index >= 15 is 0 Å². The van der Waals surface area contributed by atoms with E-state index in [1.165, 1.54) is 12.1 Å². The largest absolute Gasteiger partial charge is 0.207 e. The summed E-state index contributed by atoms with van der Waals surface area (Å²) >= 11 is 1.57. The normalized spacial score (nSPS) is 9.90. The molecule has 0 aliphatic rings. The summed E-state index contributed by atoms with van der Waals surface area (Å²) < 4.78 is 12.4. The van der Waals surface area contributed by atoms with Gasteiger partial charge < -0.3 is 0 Å². The fourth-order valence-corrected chi connectivity index (χ4v) is 1.27. The highest BCUT2D eigenvalue weighted by Crippen LogP contribution is 2.19. The highest BCUT2D eigenvalue weighted by molar-refractivity contribution is 7.98. The van der Waals surface area contributed by atoms with Crippen molar-refractivity contribution in [2.45, 2.75) is 4.90 Å². The van der Waals surface area contributed by atoms with E-state index < -0.39 is 0 Å². The quantitative estimate of drug-likeness (QED) is 0.562. The topological polar surface area (TPSA) is 0 Å². The summed E-state index contributed by atoms with van der Waals surface area (Å²) in [6, 6.07) is 4.62. The molecule has 0 aliphatic heterocycles.